The van der Waals surface area contributed by atoms with E-state index in [2.05, 4.69) is 27.7 Å². The molecule has 1 fully saturated rings. The van der Waals surface area contributed by atoms with E-state index < -0.39 is 0 Å². The fraction of sp³-hybridized carbons (Fsp3) is 1.00. The Morgan fingerprint density at radius 2 is 1.00 bits per heavy atom. The predicted molar refractivity (Wildman–Crippen MR) is 82.3 cm³/mol. The minimum atomic E-state index is 1.07. The first-order chi connectivity index (χ1) is 7.78. The van der Waals surface area contributed by atoms with Crippen molar-refractivity contribution in [3.05, 3.63) is 0 Å². The van der Waals surface area contributed by atoms with Gasteiger partial charge in [-0.1, -0.05) is 87.8 Å². The molecule has 0 nitrogen and oxygen atoms in total. The second-order valence-corrected chi connectivity index (χ2v) is 7.56. The average molecular weight is 263 g/mol. The SMILES string of the molecule is CCC1CCC(CC)CC1.CCSSCC. The topological polar surface area (TPSA) is 0 Å². The Morgan fingerprint density at radius 3 is 1.19 bits per heavy atom. The van der Waals surface area contributed by atoms with Crippen LogP contribution in [0.3, 0.4) is 0 Å². The zero-order chi connectivity index (χ0) is 12.2. The Bertz CT molecular complexity index is 113. The van der Waals surface area contributed by atoms with E-state index in [-0.39, 0.29) is 0 Å². The molecule has 98 valence electrons. The maximum atomic E-state index is 2.33. The van der Waals surface area contributed by atoms with Crippen LogP contribution in [0.4, 0.5) is 0 Å². The molecule has 0 saturated heterocycles. The largest absolute Gasteiger partial charge is 0.0945 e. The van der Waals surface area contributed by atoms with E-state index in [1.54, 1.807) is 0 Å². The van der Waals surface area contributed by atoms with Crippen molar-refractivity contribution in [2.45, 2.75) is 66.2 Å². The lowest BCUT2D eigenvalue weighted by Crippen LogP contribution is -2.12. The van der Waals surface area contributed by atoms with Crippen LogP contribution in [0.25, 0.3) is 0 Å². The zero-order valence-electron chi connectivity index (χ0n) is 11.6. The van der Waals surface area contributed by atoms with Crippen molar-refractivity contribution in [3.63, 3.8) is 0 Å². The first kappa shape index (κ1) is 16.7. The molecule has 0 bridgehead atoms. The van der Waals surface area contributed by atoms with Gasteiger partial charge in [0, 0.05) is 11.5 Å². The molecule has 0 unspecified atom stereocenters. The highest BCUT2D eigenvalue weighted by atomic mass is 33.1. The van der Waals surface area contributed by atoms with E-state index >= 15 is 0 Å². The van der Waals surface area contributed by atoms with Gasteiger partial charge in [0.15, 0.2) is 0 Å². The van der Waals surface area contributed by atoms with Gasteiger partial charge < -0.3 is 0 Å². The summed E-state index contributed by atoms with van der Waals surface area (Å²) >= 11 is 0. The molecular weight excluding hydrogens is 232 g/mol. The van der Waals surface area contributed by atoms with Gasteiger partial charge in [0.2, 0.25) is 0 Å². The predicted octanol–water partition coefficient (Wildman–Crippen LogP) is 6.02. The van der Waals surface area contributed by atoms with Crippen molar-refractivity contribution in [3.8, 4) is 0 Å². The number of rotatable bonds is 5. The molecule has 0 aromatic carbocycles. The van der Waals surface area contributed by atoms with Crippen LogP contribution in [-0.4, -0.2) is 11.5 Å². The lowest BCUT2D eigenvalue weighted by Gasteiger charge is -2.26. The van der Waals surface area contributed by atoms with Crippen LogP contribution in [0.1, 0.15) is 66.2 Å². The molecule has 0 amide bonds. The van der Waals surface area contributed by atoms with Crippen molar-refractivity contribution in [1.29, 1.82) is 0 Å². The maximum absolute atomic E-state index is 2.33. The molecule has 0 aromatic rings. The summed E-state index contributed by atoms with van der Waals surface area (Å²) < 4.78 is 0. The molecule has 0 spiro atoms. The summed E-state index contributed by atoms with van der Waals surface area (Å²) in [5.74, 6) is 4.61. The van der Waals surface area contributed by atoms with Gasteiger partial charge in [-0.05, 0) is 11.8 Å². The molecule has 1 aliphatic carbocycles. The fourth-order valence-corrected chi connectivity index (χ4v) is 3.55. The van der Waals surface area contributed by atoms with Crippen LogP contribution < -0.4 is 0 Å². The van der Waals surface area contributed by atoms with Crippen molar-refractivity contribution >= 4 is 21.6 Å². The molecule has 0 N–H and O–H groups in total. The lowest BCUT2D eigenvalue weighted by atomic mass is 9.80. The Kier molecular flexibility index (Phi) is 12.7. The van der Waals surface area contributed by atoms with E-state index in [9.17, 15) is 0 Å². The third-order valence-electron chi connectivity index (χ3n) is 3.44. The van der Waals surface area contributed by atoms with Crippen LogP contribution in [0.2, 0.25) is 0 Å². The molecule has 1 saturated carbocycles. The summed E-state index contributed by atoms with van der Waals surface area (Å²) in [5, 5.41) is 0. The molecule has 0 aliphatic heterocycles. The molecule has 1 aliphatic rings. The summed E-state index contributed by atoms with van der Waals surface area (Å²) in [6, 6.07) is 0. The van der Waals surface area contributed by atoms with Gasteiger partial charge in [0.1, 0.15) is 0 Å². The third kappa shape index (κ3) is 8.81. The first-order valence-electron chi connectivity index (χ1n) is 7.02. The van der Waals surface area contributed by atoms with Crippen molar-refractivity contribution in [2.75, 3.05) is 11.5 Å². The van der Waals surface area contributed by atoms with Crippen molar-refractivity contribution in [1.82, 2.24) is 0 Å². The first-order valence-corrected chi connectivity index (χ1v) is 9.51. The molecule has 16 heavy (non-hydrogen) atoms. The minimum absolute atomic E-state index is 1.07. The number of hydrogen-bond donors (Lipinski definition) is 0. The second kappa shape index (κ2) is 12.2. The van der Waals surface area contributed by atoms with Crippen LogP contribution >= 0.6 is 21.6 Å². The zero-order valence-corrected chi connectivity index (χ0v) is 13.3. The van der Waals surface area contributed by atoms with Gasteiger partial charge in [-0.25, -0.2) is 0 Å². The molecule has 1 rings (SSSR count). The Hall–Kier alpha value is 0.700. The third-order valence-corrected chi connectivity index (χ3v) is 5.99. The van der Waals surface area contributed by atoms with E-state index in [0.29, 0.717) is 0 Å². The van der Waals surface area contributed by atoms with Gasteiger partial charge in [-0.2, -0.15) is 0 Å². The van der Waals surface area contributed by atoms with Gasteiger partial charge in [0.25, 0.3) is 0 Å². The van der Waals surface area contributed by atoms with Crippen LogP contribution in [0, 0.1) is 11.8 Å². The standard InChI is InChI=1S/C10H20.C4H10S2/c1-3-9-5-7-10(4-2)8-6-9;1-3-5-6-4-2/h9-10H,3-8H2,1-2H3;3-4H2,1-2H3. The average Bonchev–Trinajstić information content (AvgIpc) is 2.37. The molecule has 0 heterocycles. The molecule has 0 radical (unpaired) electrons. The van der Waals surface area contributed by atoms with E-state index in [4.69, 9.17) is 0 Å². The normalized spacial score (nSPS) is 24.8. The second-order valence-electron chi connectivity index (χ2n) is 4.52. The molecule has 0 atom stereocenters. The summed E-state index contributed by atoms with van der Waals surface area (Å²) in [5.41, 5.74) is 0. The van der Waals surface area contributed by atoms with Gasteiger partial charge in [-0.3, -0.25) is 0 Å². The summed E-state index contributed by atoms with van der Waals surface area (Å²) in [6.07, 6.45) is 8.86. The Labute approximate surface area is 111 Å². The van der Waals surface area contributed by atoms with Crippen LogP contribution in [0.15, 0.2) is 0 Å². The van der Waals surface area contributed by atoms with Crippen LogP contribution in [-0.2, 0) is 0 Å². The van der Waals surface area contributed by atoms with Crippen LogP contribution in [0.5, 0.6) is 0 Å². The smallest absolute Gasteiger partial charge is 0.000844 e. The summed E-state index contributed by atoms with van der Waals surface area (Å²) in [6.45, 7) is 9.01. The highest BCUT2D eigenvalue weighted by Crippen LogP contribution is 2.31. The van der Waals surface area contributed by atoms with Crippen molar-refractivity contribution in [2.24, 2.45) is 11.8 Å². The lowest BCUT2D eigenvalue weighted by molar-refractivity contribution is 0.264. The van der Waals surface area contributed by atoms with Gasteiger partial charge >= 0.3 is 0 Å². The van der Waals surface area contributed by atoms with E-state index in [1.165, 1.54) is 50.0 Å². The fourth-order valence-electron chi connectivity index (χ4n) is 2.21. The Morgan fingerprint density at radius 1 is 0.688 bits per heavy atom. The minimum Gasteiger partial charge on any atom is -0.0945 e. The summed E-state index contributed by atoms with van der Waals surface area (Å²) in [4.78, 5) is 0. The monoisotopic (exact) mass is 262 g/mol. The number of hydrogen-bond acceptors (Lipinski definition) is 2. The Balaban J connectivity index is 0.000000325. The van der Waals surface area contributed by atoms with Crippen molar-refractivity contribution < 1.29 is 0 Å². The highest BCUT2D eigenvalue weighted by molar-refractivity contribution is 8.76. The summed E-state index contributed by atoms with van der Waals surface area (Å²) in [7, 11) is 3.85. The van der Waals surface area contributed by atoms with E-state index in [0.717, 1.165) is 11.8 Å². The highest BCUT2D eigenvalue weighted by Gasteiger charge is 2.17. The van der Waals surface area contributed by atoms with Gasteiger partial charge in [-0.15, -0.1) is 0 Å². The molecule has 2 heteroatoms. The molecular formula is C14H30S2. The van der Waals surface area contributed by atoms with E-state index in [1.807, 2.05) is 21.6 Å². The maximum Gasteiger partial charge on any atom is 0.000844 e. The molecule has 0 aromatic heterocycles. The van der Waals surface area contributed by atoms with Gasteiger partial charge in [0.05, 0.1) is 0 Å². The quantitative estimate of drug-likeness (QED) is 0.439.